The molecule has 1 unspecified atom stereocenters. The van der Waals surface area contributed by atoms with Crippen LogP contribution in [0.2, 0.25) is 5.02 Å². The van der Waals surface area contributed by atoms with Gasteiger partial charge in [-0.1, -0.05) is 54.1 Å². The fourth-order valence-corrected chi connectivity index (χ4v) is 2.81. The van der Waals surface area contributed by atoms with Gasteiger partial charge in [0, 0.05) is 24.0 Å². The van der Waals surface area contributed by atoms with E-state index < -0.39 is 0 Å². The standard InChI is InChI=1S/C22H20ClN3O2/c1-15(17-5-3-2-4-6-17)26-22(28)19-11-18(13-24-14-19)21(27)25-12-16-7-9-20(23)10-8-16/h2-11,13-15H,12H2,1H3,(H,25,27)(H,26,28). The van der Waals surface area contributed by atoms with E-state index in [-0.39, 0.29) is 17.9 Å². The van der Waals surface area contributed by atoms with Gasteiger partial charge in [-0.15, -0.1) is 0 Å². The number of amides is 2. The molecule has 3 aromatic rings. The Labute approximate surface area is 168 Å². The third-order valence-electron chi connectivity index (χ3n) is 4.28. The van der Waals surface area contributed by atoms with Crippen molar-refractivity contribution in [2.45, 2.75) is 19.5 Å². The number of aromatic nitrogens is 1. The van der Waals surface area contributed by atoms with Crippen molar-refractivity contribution in [2.24, 2.45) is 0 Å². The van der Waals surface area contributed by atoms with Gasteiger partial charge in [0.25, 0.3) is 11.8 Å². The van der Waals surface area contributed by atoms with Crippen molar-refractivity contribution in [1.82, 2.24) is 15.6 Å². The fourth-order valence-electron chi connectivity index (χ4n) is 2.68. The van der Waals surface area contributed by atoms with Crippen LogP contribution >= 0.6 is 11.6 Å². The highest BCUT2D eigenvalue weighted by Gasteiger charge is 2.14. The third kappa shape index (κ3) is 5.18. The lowest BCUT2D eigenvalue weighted by Gasteiger charge is -2.14. The molecular formula is C22H20ClN3O2. The number of hydrogen-bond acceptors (Lipinski definition) is 3. The molecule has 2 aromatic carbocycles. The minimum Gasteiger partial charge on any atom is -0.348 e. The van der Waals surface area contributed by atoms with E-state index in [9.17, 15) is 9.59 Å². The lowest BCUT2D eigenvalue weighted by molar-refractivity contribution is 0.0939. The Morgan fingerprint density at radius 3 is 2.29 bits per heavy atom. The summed E-state index contributed by atoms with van der Waals surface area (Å²) in [5, 5.41) is 6.37. The predicted octanol–water partition coefficient (Wildman–Crippen LogP) is 4.16. The number of carbonyl (C=O) groups excluding carboxylic acids is 2. The molecule has 142 valence electrons. The molecule has 1 heterocycles. The molecule has 1 atom stereocenters. The van der Waals surface area contributed by atoms with Gasteiger partial charge in [-0.3, -0.25) is 14.6 Å². The average Bonchev–Trinajstić information content (AvgIpc) is 2.73. The van der Waals surface area contributed by atoms with Crippen LogP contribution in [-0.4, -0.2) is 16.8 Å². The molecule has 0 aliphatic rings. The summed E-state index contributed by atoms with van der Waals surface area (Å²) in [5.41, 5.74) is 2.59. The summed E-state index contributed by atoms with van der Waals surface area (Å²) in [6, 6.07) is 18.3. The van der Waals surface area contributed by atoms with Gasteiger partial charge in [0.15, 0.2) is 0 Å². The number of benzene rings is 2. The van der Waals surface area contributed by atoms with Gasteiger partial charge in [0.2, 0.25) is 0 Å². The second kappa shape index (κ2) is 9.15. The molecule has 0 fully saturated rings. The molecule has 1 aromatic heterocycles. The second-order valence-electron chi connectivity index (χ2n) is 6.38. The zero-order chi connectivity index (χ0) is 19.9. The van der Waals surface area contributed by atoms with Crippen molar-refractivity contribution in [3.05, 3.63) is 100 Å². The Kier molecular flexibility index (Phi) is 6.40. The quantitative estimate of drug-likeness (QED) is 0.660. The van der Waals surface area contributed by atoms with Crippen LogP contribution in [0.3, 0.4) is 0 Å². The maximum atomic E-state index is 12.5. The summed E-state index contributed by atoms with van der Waals surface area (Å²) in [5.74, 6) is -0.579. The topological polar surface area (TPSA) is 71.1 Å². The number of rotatable bonds is 6. The van der Waals surface area contributed by atoms with Crippen molar-refractivity contribution in [3.8, 4) is 0 Å². The van der Waals surface area contributed by atoms with E-state index in [4.69, 9.17) is 11.6 Å². The Balaban J connectivity index is 1.63. The van der Waals surface area contributed by atoms with E-state index in [1.54, 1.807) is 12.1 Å². The second-order valence-corrected chi connectivity index (χ2v) is 6.81. The van der Waals surface area contributed by atoms with E-state index in [0.29, 0.717) is 22.7 Å². The molecule has 0 saturated carbocycles. The lowest BCUT2D eigenvalue weighted by Crippen LogP contribution is -2.28. The zero-order valence-corrected chi connectivity index (χ0v) is 16.1. The molecule has 6 heteroatoms. The summed E-state index contributed by atoms with van der Waals surface area (Å²) in [6.07, 6.45) is 2.89. The summed E-state index contributed by atoms with van der Waals surface area (Å²) < 4.78 is 0. The van der Waals surface area contributed by atoms with E-state index in [1.165, 1.54) is 18.5 Å². The maximum Gasteiger partial charge on any atom is 0.253 e. The molecule has 0 saturated heterocycles. The first-order chi connectivity index (χ1) is 13.5. The van der Waals surface area contributed by atoms with Crippen molar-refractivity contribution >= 4 is 23.4 Å². The van der Waals surface area contributed by atoms with Gasteiger partial charge in [-0.05, 0) is 36.2 Å². The number of carbonyl (C=O) groups is 2. The Bertz CT molecular complexity index is 959. The summed E-state index contributed by atoms with van der Waals surface area (Å²) in [4.78, 5) is 28.9. The van der Waals surface area contributed by atoms with E-state index in [1.807, 2.05) is 49.4 Å². The summed E-state index contributed by atoms with van der Waals surface area (Å²) >= 11 is 5.86. The normalized spacial score (nSPS) is 11.5. The number of pyridine rings is 1. The van der Waals surface area contributed by atoms with Crippen molar-refractivity contribution in [2.75, 3.05) is 0 Å². The smallest absolute Gasteiger partial charge is 0.253 e. The number of nitrogens with zero attached hydrogens (tertiary/aromatic N) is 1. The molecule has 3 rings (SSSR count). The highest BCUT2D eigenvalue weighted by atomic mass is 35.5. The molecule has 0 bridgehead atoms. The van der Waals surface area contributed by atoms with Crippen molar-refractivity contribution in [3.63, 3.8) is 0 Å². The van der Waals surface area contributed by atoms with Gasteiger partial charge in [-0.2, -0.15) is 0 Å². The first kappa shape index (κ1) is 19.6. The highest BCUT2D eigenvalue weighted by Crippen LogP contribution is 2.13. The van der Waals surface area contributed by atoms with Crippen molar-refractivity contribution < 1.29 is 9.59 Å². The number of halogens is 1. The minimum absolute atomic E-state index is 0.156. The predicted molar refractivity (Wildman–Crippen MR) is 109 cm³/mol. The first-order valence-corrected chi connectivity index (χ1v) is 9.24. The summed E-state index contributed by atoms with van der Waals surface area (Å²) in [7, 11) is 0. The molecule has 0 radical (unpaired) electrons. The molecule has 2 amide bonds. The Hall–Kier alpha value is -3.18. The zero-order valence-electron chi connectivity index (χ0n) is 15.4. The lowest BCUT2D eigenvalue weighted by atomic mass is 10.1. The SMILES string of the molecule is CC(NC(=O)c1cncc(C(=O)NCc2ccc(Cl)cc2)c1)c1ccccc1. The van der Waals surface area contributed by atoms with Gasteiger partial charge < -0.3 is 10.6 Å². The van der Waals surface area contributed by atoms with Gasteiger partial charge in [0.05, 0.1) is 17.2 Å². The van der Waals surface area contributed by atoms with Gasteiger partial charge >= 0.3 is 0 Å². The number of nitrogens with one attached hydrogen (secondary N) is 2. The molecule has 28 heavy (non-hydrogen) atoms. The fraction of sp³-hybridized carbons (Fsp3) is 0.136. The number of hydrogen-bond donors (Lipinski definition) is 2. The largest absolute Gasteiger partial charge is 0.348 e. The van der Waals surface area contributed by atoms with E-state index >= 15 is 0 Å². The monoisotopic (exact) mass is 393 g/mol. The molecule has 0 aliphatic heterocycles. The molecule has 5 nitrogen and oxygen atoms in total. The first-order valence-electron chi connectivity index (χ1n) is 8.86. The van der Waals surface area contributed by atoms with E-state index in [0.717, 1.165) is 11.1 Å². The van der Waals surface area contributed by atoms with E-state index in [2.05, 4.69) is 15.6 Å². The Morgan fingerprint density at radius 1 is 0.964 bits per heavy atom. The van der Waals surface area contributed by atoms with Gasteiger partial charge in [-0.25, -0.2) is 0 Å². The molecule has 0 aliphatic carbocycles. The van der Waals surface area contributed by atoms with Crippen LogP contribution in [0.5, 0.6) is 0 Å². The average molecular weight is 394 g/mol. The Morgan fingerprint density at radius 2 is 1.61 bits per heavy atom. The van der Waals surface area contributed by atoms with Gasteiger partial charge in [0.1, 0.15) is 0 Å². The maximum absolute atomic E-state index is 12.5. The van der Waals surface area contributed by atoms with Crippen LogP contribution < -0.4 is 10.6 Å². The van der Waals surface area contributed by atoms with Crippen LogP contribution in [0.25, 0.3) is 0 Å². The summed E-state index contributed by atoms with van der Waals surface area (Å²) in [6.45, 7) is 2.26. The third-order valence-corrected chi connectivity index (χ3v) is 4.53. The molecular weight excluding hydrogens is 374 g/mol. The van der Waals surface area contributed by atoms with Crippen LogP contribution in [0.15, 0.2) is 73.1 Å². The van der Waals surface area contributed by atoms with Crippen LogP contribution in [0, 0.1) is 0 Å². The van der Waals surface area contributed by atoms with Crippen LogP contribution in [0.4, 0.5) is 0 Å². The van der Waals surface area contributed by atoms with Crippen LogP contribution in [-0.2, 0) is 6.54 Å². The molecule has 2 N–H and O–H groups in total. The minimum atomic E-state index is -0.298. The van der Waals surface area contributed by atoms with Crippen LogP contribution in [0.1, 0.15) is 44.8 Å². The van der Waals surface area contributed by atoms with Crippen molar-refractivity contribution in [1.29, 1.82) is 0 Å². The molecule has 0 spiro atoms. The highest BCUT2D eigenvalue weighted by molar-refractivity contribution is 6.30.